The maximum absolute atomic E-state index is 13.1. The molecule has 0 radical (unpaired) electrons. The third-order valence-electron chi connectivity index (χ3n) is 5.26. The molecule has 0 unspecified atom stereocenters. The molecule has 0 aromatic heterocycles. The number of nitrogens with zero attached hydrogens (tertiary/aromatic N) is 1. The lowest BCUT2D eigenvalue weighted by Crippen LogP contribution is -2.44. The van der Waals surface area contributed by atoms with Gasteiger partial charge in [0.05, 0.1) is 19.1 Å². The molecule has 7 nitrogen and oxygen atoms in total. The van der Waals surface area contributed by atoms with Gasteiger partial charge in [0.25, 0.3) is 11.8 Å². The average molecular weight is 575 g/mol. The molecule has 0 spiro atoms. The van der Waals surface area contributed by atoms with Gasteiger partial charge in [-0.3, -0.25) is 15.0 Å². The lowest BCUT2D eigenvalue weighted by atomic mass is 10.1. The molecular formula is C26H20Cl2N2O5S2. The molecule has 1 aliphatic heterocycles. The van der Waals surface area contributed by atoms with Crippen LogP contribution in [0.15, 0.2) is 65.6 Å². The molecule has 11 heteroatoms. The van der Waals surface area contributed by atoms with Crippen molar-refractivity contribution in [3.63, 3.8) is 0 Å². The van der Waals surface area contributed by atoms with Gasteiger partial charge in [-0.1, -0.05) is 53.2 Å². The minimum absolute atomic E-state index is 0.149. The molecule has 2 amide bonds. The van der Waals surface area contributed by atoms with Crippen LogP contribution in [0.1, 0.15) is 21.5 Å². The first-order valence-electron chi connectivity index (χ1n) is 10.8. The van der Waals surface area contributed by atoms with Crippen LogP contribution < -0.4 is 19.6 Å². The van der Waals surface area contributed by atoms with E-state index in [4.69, 9.17) is 49.6 Å². The molecule has 0 saturated carbocycles. The van der Waals surface area contributed by atoms with Gasteiger partial charge in [-0.05, 0) is 60.8 Å². The van der Waals surface area contributed by atoms with E-state index in [2.05, 4.69) is 5.43 Å². The van der Waals surface area contributed by atoms with Gasteiger partial charge in [-0.25, -0.2) is 0 Å². The summed E-state index contributed by atoms with van der Waals surface area (Å²) < 4.78 is 16.8. The zero-order valence-electron chi connectivity index (χ0n) is 19.6. The van der Waals surface area contributed by atoms with Gasteiger partial charge in [0.15, 0.2) is 15.8 Å². The first-order chi connectivity index (χ1) is 17.8. The second-order valence-corrected chi connectivity index (χ2v) is 10.1. The highest BCUT2D eigenvalue weighted by Gasteiger charge is 2.34. The summed E-state index contributed by atoms with van der Waals surface area (Å²) >= 11 is 18.7. The molecule has 0 bridgehead atoms. The quantitative estimate of drug-likeness (QED) is 0.256. The second kappa shape index (κ2) is 11.9. The standard InChI is InChI=1S/C26H20Cl2N2O5S2/c1-33-19-10-7-15(8-11-19)24(31)29-30-25(32)22(37-26(30)36)12-16-4-3-5-21(34-2)23(16)35-14-17-6-9-18(27)13-20(17)28/h3-13H,14H2,1-2H3,(H,29,31)/b22-12+. The molecule has 4 rings (SSSR count). The van der Waals surface area contributed by atoms with Crippen molar-refractivity contribution in [2.75, 3.05) is 14.2 Å². The Morgan fingerprint density at radius 1 is 1.08 bits per heavy atom. The Kier molecular flexibility index (Phi) is 8.60. The third kappa shape index (κ3) is 6.19. The van der Waals surface area contributed by atoms with Crippen LogP contribution in [-0.2, 0) is 11.4 Å². The van der Waals surface area contributed by atoms with Crippen molar-refractivity contribution in [2.45, 2.75) is 6.61 Å². The maximum atomic E-state index is 13.1. The number of rotatable bonds is 8. The number of hydrazine groups is 1. The highest BCUT2D eigenvalue weighted by molar-refractivity contribution is 8.26. The summed E-state index contributed by atoms with van der Waals surface area (Å²) in [4.78, 5) is 26.1. The fourth-order valence-electron chi connectivity index (χ4n) is 3.36. The molecular weight excluding hydrogens is 555 g/mol. The largest absolute Gasteiger partial charge is 0.497 e. The number of carbonyl (C=O) groups excluding carboxylic acids is 2. The molecule has 0 atom stereocenters. The van der Waals surface area contributed by atoms with Gasteiger partial charge in [0.1, 0.15) is 12.4 Å². The second-order valence-electron chi connectivity index (χ2n) is 7.59. The molecule has 0 aliphatic carbocycles. The van der Waals surface area contributed by atoms with Crippen molar-refractivity contribution >= 4 is 69.4 Å². The van der Waals surface area contributed by atoms with E-state index < -0.39 is 11.8 Å². The van der Waals surface area contributed by atoms with E-state index in [9.17, 15) is 9.59 Å². The summed E-state index contributed by atoms with van der Waals surface area (Å²) in [6, 6.07) is 16.9. The number of carbonyl (C=O) groups is 2. The SMILES string of the molecule is COc1ccc(C(=O)NN2C(=O)/C(=C\c3cccc(OC)c3OCc3ccc(Cl)cc3Cl)SC2=S)cc1. The summed E-state index contributed by atoms with van der Waals surface area (Å²) in [5, 5.41) is 2.04. The zero-order chi connectivity index (χ0) is 26.5. The van der Waals surface area contributed by atoms with E-state index in [1.165, 1.54) is 14.2 Å². The van der Waals surface area contributed by atoms with Crippen LogP contribution in [0.3, 0.4) is 0 Å². The number of hydrogen-bond acceptors (Lipinski definition) is 7. The van der Waals surface area contributed by atoms with Crippen molar-refractivity contribution in [3.05, 3.63) is 92.3 Å². The number of ether oxygens (including phenoxy) is 3. The molecule has 1 fully saturated rings. The molecule has 3 aromatic rings. The Morgan fingerprint density at radius 3 is 2.51 bits per heavy atom. The topological polar surface area (TPSA) is 77.1 Å². The molecule has 3 aromatic carbocycles. The summed E-state index contributed by atoms with van der Waals surface area (Å²) in [5.41, 5.74) is 4.23. The van der Waals surface area contributed by atoms with Crippen LogP contribution in [0.4, 0.5) is 0 Å². The zero-order valence-corrected chi connectivity index (χ0v) is 22.8. The molecule has 1 N–H and O–H groups in total. The summed E-state index contributed by atoms with van der Waals surface area (Å²) in [7, 11) is 3.06. The number of methoxy groups -OCH3 is 2. The predicted molar refractivity (Wildman–Crippen MR) is 149 cm³/mol. The van der Waals surface area contributed by atoms with Gasteiger partial charge in [0, 0.05) is 26.7 Å². The fraction of sp³-hybridized carbons (Fsp3) is 0.115. The number of amides is 2. The lowest BCUT2D eigenvalue weighted by molar-refractivity contribution is -0.123. The minimum atomic E-state index is -0.481. The van der Waals surface area contributed by atoms with E-state index in [1.807, 2.05) is 0 Å². The van der Waals surface area contributed by atoms with Crippen LogP contribution in [0.2, 0.25) is 10.0 Å². The number of thiocarbonyl (C=S) groups is 1. The predicted octanol–water partition coefficient (Wildman–Crippen LogP) is 6.14. The van der Waals surface area contributed by atoms with E-state index in [0.717, 1.165) is 22.3 Å². The number of para-hydroxylation sites is 1. The molecule has 1 aliphatic rings. The Labute approximate surface area is 233 Å². The van der Waals surface area contributed by atoms with E-state index in [1.54, 1.807) is 66.7 Å². The first-order valence-corrected chi connectivity index (χ1v) is 12.8. The molecule has 1 saturated heterocycles. The van der Waals surface area contributed by atoms with E-state index >= 15 is 0 Å². The fourth-order valence-corrected chi connectivity index (χ4v) is 5.00. The van der Waals surface area contributed by atoms with Crippen molar-refractivity contribution in [3.8, 4) is 17.2 Å². The van der Waals surface area contributed by atoms with Crippen molar-refractivity contribution in [2.24, 2.45) is 0 Å². The summed E-state index contributed by atoms with van der Waals surface area (Å²) in [6.45, 7) is 0.149. The van der Waals surface area contributed by atoms with E-state index in [-0.39, 0.29) is 10.9 Å². The van der Waals surface area contributed by atoms with Crippen LogP contribution >= 0.6 is 47.2 Å². The van der Waals surface area contributed by atoms with Crippen molar-refractivity contribution in [1.82, 2.24) is 10.4 Å². The molecule has 1 heterocycles. The van der Waals surface area contributed by atoms with Gasteiger partial charge < -0.3 is 14.2 Å². The number of halogens is 2. The Hall–Kier alpha value is -3.24. The Balaban J connectivity index is 1.55. The number of nitrogens with one attached hydrogen (secondary N) is 1. The van der Waals surface area contributed by atoms with Crippen LogP contribution in [0.5, 0.6) is 17.2 Å². The van der Waals surface area contributed by atoms with Gasteiger partial charge >= 0.3 is 0 Å². The Bertz CT molecular complexity index is 1400. The van der Waals surface area contributed by atoms with Gasteiger partial charge in [-0.2, -0.15) is 5.01 Å². The number of thioether (sulfide) groups is 1. The average Bonchev–Trinajstić information content (AvgIpc) is 3.15. The Morgan fingerprint density at radius 2 is 1.84 bits per heavy atom. The maximum Gasteiger partial charge on any atom is 0.285 e. The first kappa shape index (κ1) is 26.8. The van der Waals surface area contributed by atoms with Crippen LogP contribution in [0.25, 0.3) is 6.08 Å². The molecule has 190 valence electrons. The van der Waals surface area contributed by atoms with Gasteiger partial charge in [-0.15, -0.1) is 0 Å². The monoisotopic (exact) mass is 574 g/mol. The lowest BCUT2D eigenvalue weighted by Gasteiger charge is -2.16. The highest BCUT2D eigenvalue weighted by atomic mass is 35.5. The normalized spacial score (nSPS) is 14.2. The molecule has 37 heavy (non-hydrogen) atoms. The summed E-state index contributed by atoms with van der Waals surface area (Å²) in [6.07, 6.45) is 1.64. The van der Waals surface area contributed by atoms with Crippen LogP contribution in [-0.4, -0.2) is 35.4 Å². The van der Waals surface area contributed by atoms with Gasteiger partial charge in [0.2, 0.25) is 0 Å². The minimum Gasteiger partial charge on any atom is -0.497 e. The van der Waals surface area contributed by atoms with Crippen molar-refractivity contribution < 1.29 is 23.8 Å². The van der Waals surface area contributed by atoms with E-state index in [0.29, 0.717) is 43.3 Å². The number of hydrogen-bond donors (Lipinski definition) is 1. The third-order valence-corrected chi connectivity index (χ3v) is 7.15. The van der Waals surface area contributed by atoms with Crippen molar-refractivity contribution in [1.29, 1.82) is 0 Å². The van der Waals surface area contributed by atoms with Crippen LogP contribution in [0, 0.1) is 0 Å². The number of benzene rings is 3. The smallest absolute Gasteiger partial charge is 0.285 e. The highest BCUT2D eigenvalue weighted by Crippen LogP contribution is 2.38. The summed E-state index contributed by atoms with van der Waals surface area (Å²) in [5.74, 6) is 0.558.